The van der Waals surface area contributed by atoms with Crippen molar-refractivity contribution in [3.05, 3.63) is 40.8 Å². The maximum atomic E-state index is 12.6. The molecule has 3 aromatic rings. The second-order valence-corrected chi connectivity index (χ2v) is 8.70. The van der Waals surface area contributed by atoms with Crippen molar-refractivity contribution in [2.45, 2.75) is 44.9 Å². The summed E-state index contributed by atoms with van der Waals surface area (Å²) in [5, 5.41) is 17.6. The van der Waals surface area contributed by atoms with Gasteiger partial charge in [-0.05, 0) is 34.4 Å². The predicted octanol–water partition coefficient (Wildman–Crippen LogP) is 3.55. The number of carbonyl (C=O) groups excluding carboxylic acids is 1. The van der Waals surface area contributed by atoms with Crippen LogP contribution in [0.5, 0.6) is 0 Å². The van der Waals surface area contributed by atoms with Crippen LogP contribution in [-0.4, -0.2) is 27.8 Å². The monoisotopic (exact) mass is 377 g/mol. The molecule has 1 aromatic carbocycles. The van der Waals surface area contributed by atoms with Crippen LogP contribution in [-0.2, 0) is 15.6 Å². The predicted molar refractivity (Wildman–Crippen MR) is 107 cm³/mol. The van der Waals surface area contributed by atoms with E-state index in [-0.39, 0.29) is 27.8 Å². The number of nitrogens with one attached hydrogen (secondary N) is 1. The van der Waals surface area contributed by atoms with Crippen molar-refractivity contribution in [3.8, 4) is 11.8 Å². The van der Waals surface area contributed by atoms with Crippen LogP contribution in [0.1, 0.15) is 61.3 Å². The van der Waals surface area contributed by atoms with Gasteiger partial charge in [-0.2, -0.15) is 10.4 Å². The molecule has 0 atom stereocenters. The van der Waals surface area contributed by atoms with Gasteiger partial charge in [-0.1, -0.05) is 27.7 Å². The third-order valence-corrected chi connectivity index (χ3v) is 5.79. The molecule has 0 fully saturated rings. The van der Waals surface area contributed by atoms with Crippen molar-refractivity contribution in [2.75, 3.05) is 12.8 Å². The lowest BCUT2D eigenvalue weighted by Gasteiger charge is -2.24. The number of hydrogen-bond acceptors (Lipinski definition) is 5. The summed E-state index contributed by atoms with van der Waals surface area (Å²) in [6.07, 6.45) is 4.32. The molecule has 0 saturated carbocycles. The number of nitrogens with zero attached hydrogens (tertiary/aromatic N) is 3. The van der Waals surface area contributed by atoms with Gasteiger partial charge >= 0.3 is 5.97 Å². The number of nitrogens with two attached hydrogens (primary N) is 1. The number of carbonyl (C=O) groups is 1. The van der Waals surface area contributed by atoms with Crippen molar-refractivity contribution in [1.82, 2.24) is 14.8 Å². The fraction of sp³-hybridized carbons (Fsp3) is 0.381. The highest BCUT2D eigenvalue weighted by Crippen LogP contribution is 2.53. The number of ether oxygens (including phenoxy) is 1. The highest BCUT2D eigenvalue weighted by atomic mass is 16.5. The van der Waals surface area contributed by atoms with Crippen LogP contribution in [0.2, 0.25) is 0 Å². The fourth-order valence-electron chi connectivity index (χ4n) is 4.92. The first kappa shape index (κ1) is 18.1. The van der Waals surface area contributed by atoms with Crippen molar-refractivity contribution in [1.29, 1.82) is 5.26 Å². The van der Waals surface area contributed by atoms with Crippen LogP contribution in [0.3, 0.4) is 0 Å². The van der Waals surface area contributed by atoms with Gasteiger partial charge < -0.3 is 15.0 Å². The lowest BCUT2D eigenvalue weighted by Crippen LogP contribution is -2.19. The molecule has 0 unspecified atom stereocenters. The highest BCUT2D eigenvalue weighted by Gasteiger charge is 2.45. The van der Waals surface area contributed by atoms with Gasteiger partial charge in [0.1, 0.15) is 6.07 Å². The molecule has 0 bridgehead atoms. The van der Waals surface area contributed by atoms with Gasteiger partial charge in [0.05, 0.1) is 35.8 Å². The van der Waals surface area contributed by atoms with Gasteiger partial charge in [0.2, 0.25) is 0 Å². The van der Waals surface area contributed by atoms with E-state index in [2.05, 4.69) is 50.0 Å². The minimum Gasteiger partial charge on any atom is -0.464 e. The van der Waals surface area contributed by atoms with Crippen LogP contribution in [0.15, 0.2) is 18.5 Å². The zero-order chi connectivity index (χ0) is 20.4. The Morgan fingerprint density at radius 1 is 1.36 bits per heavy atom. The number of fused-ring (bicyclic) bond motifs is 2. The summed E-state index contributed by atoms with van der Waals surface area (Å²) in [5.74, 6) is -0.580. The molecule has 0 spiro atoms. The average Bonchev–Trinajstić information content (AvgIpc) is 3.26. The summed E-state index contributed by atoms with van der Waals surface area (Å²) in [7, 11) is 1.31. The maximum Gasteiger partial charge on any atom is 0.357 e. The van der Waals surface area contributed by atoms with Crippen molar-refractivity contribution in [3.63, 3.8) is 0 Å². The van der Waals surface area contributed by atoms with E-state index >= 15 is 0 Å². The second kappa shape index (κ2) is 5.61. The Bertz CT molecular complexity index is 1170. The Morgan fingerprint density at radius 3 is 2.71 bits per heavy atom. The topological polar surface area (TPSA) is 110 Å². The van der Waals surface area contributed by atoms with Crippen LogP contribution in [0, 0.1) is 11.3 Å². The summed E-state index contributed by atoms with van der Waals surface area (Å²) in [5.41, 5.74) is 10.5. The third-order valence-electron chi connectivity index (χ3n) is 5.79. The number of benzene rings is 1. The zero-order valence-corrected chi connectivity index (χ0v) is 16.7. The quantitative estimate of drug-likeness (QED) is 0.664. The van der Waals surface area contributed by atoms with Gasteiger partial charge in [-0.15, -0.1) is 0 Å². The number of nitrogen functional groups attached to an aromatic ring is 1. The van der Waals surface area contributed by atoms with E-state index in [0.29, 0.717) is 0 Å². The normalized spacial score (nSPS) is 16.7. The molecule has 2 heterocycles. The van der Waals surface area contributed by atoms with Gasteiger partial charge in [0, 0.05) is 11.6 Å². The first-order chi connectivity index (χ1) is 13.1. The Kier molecular flexibility index (Phi) is 3.63. The number of methoxy groups -OCH3 is 1. The van der Waals surface area contributed by atoms with Crippen LogP contribution >= 0.6 is 0 Å². The standard InChI is InChI=1S/C21H23N5O2/c1-20(2)10-21(3,4)15-13(20)6-14-12(8-24-25-14)17(15)26-9-11(7-22)16(23)18(26)19(27)28-5/h6,8-9H,10,23H2,1-5H3,(H,24,25). The molecular formula is C21H23N5O2. The molecule has 1 aliphatic carbocycles. The summed E-state index contributed by atoms with van der Waals surface area (Å²) in [6, 6.07) is 4.22. The Morgan fingerprint density at radius 2 is 2.07 bits per heavy atom. The van der Waals surface area contributed by atoms with Gasteiger partial charge in [0.25, 0.3) is 0 Å². The minimum atomic E-state index is -0.580. The molecule has 144 valence electrons. The molecular weight excluding hydrogens is 354 g/mol. The van der Waals surface area contributed by atoms with Crippen molar-refractivity contribution in [2.24, 2.45) is 0 Å². The summed E-state index contributed by atoms with van der Waals surface area (Å²) < 4.78 is 6.68. The molecule has 0 amide bonds. The number of esters is 1. The number of aromatic amines is 1. The molecule has 1 aliphatic rings. The first-order valence-electron chi connectivity index (χ1n) is 9.13. The molecule has 3 N–H and O–H groups in total. The van der Waals surface area contributed by atoms with E-state index in [9.17, 15) is 10.1 Å². The number of rotatable bonds is 2. The highest BCUT2D eigenvalue weighted by molar-refractivity contribution is 5.99. The van der Waals surface area contributed by atoms with E-state index in [1.165, 1.54) is 12.7 Å². The third kappa shape index (κ3) is 2.27. The van der Waals surface area contributed by atoms with E-state index in [1.807, 2.05) is 0 Å². The van der Waals surface area contributed by atoms with E-state index < -0.39 is 5.97 Å². The lowest BCUT2D eigenvalue weighted by atomic mass is 9.81. The largest absolute Gasteiger partial charge is 0.464 e. The number of hydrogen-bond donors (Lipinski definition) is 2. The molecule has 7 heteroatoms. The van der Waals surface area contributed by atoms with Crippen LogP contribution in [0.25, 0.3) is 16.6 Å². The molecule has 4 rings (SSSR count). The number of nitriles is 1. The van der Waals surface area contributed by atoms with E-state index in [0.717, 1.165) is 28.6 Å². The number of H-pyrrole nitrogens is 1. The second-order valence-electron chi connectivity index (χ2n) is 8.70. The molecule has 2 aromatic heterocycles. The summed E-state index contributed by atoms with van der Waals surface area (Å²) in [6.45, 7) is 8.84. The number of anilines is 1. The van der Waals surface area contributed by atoms with Crippen LogP contribution in [0.4, 0.5) is 5.69 Å². The smallest absolute Gasteiger partial charge is 0.357 e. The van der Waals surface area contributed by atoms with Gasteiger partial charge in [0.15, 0.2) is 5.69 Å². The summed E-state index contributed by atoms with van der Waals surface area (Å²) >= 11 is 0. The molecule has 28 heavy (non-hydrogen) atoms. The Balaban J connectivity index is 2.20. The lowest BCUT2D eigenvalue weighted by molar-refractivity contribution is 0.0593. The van der Waals surface area contributed by atoms with Gasteiger partial charge in [-0.3, -0.25) is 5.10 Å². The van der Waals surface area contributed by atoms with Gasteiger partial charge in [-0.25, -0.2) is 4.79 Å². The summed E-state index contributed by atoms with van der Waals surface area (Å²) in [4.78, 5) is 12.6. The van der Waals surface area contributed by atoms with E-state index in [4.69, 9.17) is 10.5 Å². The Hall–Kier alpha value is -3.27. The molecule has 0 aliphatic heterocycles. The average molecular weight is 377 g/mol. The van der Waals surface area contributed by atoms with Crippen molar-refractivity contribution >= 4 is 22.6 Å². The van der Waals surface area contributed by atoms with Crippen molar-refractivity contribution < 1.29 is 9.53 Å². The zero-order valence-electron chi connectivity index (χ0n) is 16.7. The molecule has 0 radical (unpaired) electrons. The molecule has 7 nitrogen and oxygen atoms in total. The van der Waals surface area contributed by atoms with Crippen LogP contribution < -0.4 is 5.73 Å². The maximum absolute atomic E-state index is 12.6. The minimum absolute atomic E-state index is 0.0466. The number of aromatic nitrogens is 3. The first-order valence-corrected chi connectivity index (χ1v) is 9.13. The fourth-order valence-corrected chi connectivity index (χ4v) is 4.92. The molecule has 0 saturated heterocycles. The van der Waals surface area contributed by atoms with E-state index in [1.54, 1.807) is 17.0 Å². The SMILES string of the molecule is COC(=O)c1c(N)c(C#N)cn1-c1c2c(cc3[nH]ncc13)C(C)(C)CC2(C)C. The Labute approximate surface area is 163 Å².